The SMILES string of the molecule is CCCCC1=[C-]CC=C1.CCCCC1=[C-]CC=C1.CCCCC1=[C-]CC=C1.CCCCC1=[C-]CC=C1.[CH2]=[Ti+2].[CH2]=[Ti+2].[Cl-].[Cl-]. The molecule has 0 heterocycles. The molecule has 0 bridgehead atoms. The molecule has 4 heteroatoms. The molecule has 0 atom stereocenters. The quantitative estimate of drug-likeness (QED) is 0.192. The predicted octanol–water partition coefficient (Wildman–Crippen LogP) is 5.40. The fraction of sp³-hybridized carbons (Fsp3) is 0.526. The van der Waals surface area contributed by atoms with Gasteiger partial charge in [0.05, 0.1) is 0 Å². The molecule has 4 aliphatic rings. The summed E-state index contributed by atoms with van der Waals surface area (Å²) >= 11 is 3.50. The van der Waals surface area contributed by atoms with E-state index in [9.17, 15) is 0 Å². The molecule has 0 saturated heterocycles. The zero-order valence-corrected chi connectivity index (χ0v) is 31.7. The van der Waals surface area contributed by atoms with Crippen molar-refractivity contribution < 1.29 is 64.8 Å². The Bertz CT molecular complexity index is 703. The Morgan fingerprint density at radius 1 is 0.452 bits per heavy atom. The summed E-state index contributed by atoms with van der Waals surface area (Å²) in [6, 6.07) is 0. The third-order valence-corrected chi connectivity index (χ3v) is 6.26. The Kier molecular flexibility index (Phi) is 47.0. The molecule has 0 aliphatic heterocycles. The number of hydrogen-bond acceptors (Lipinski definition) is 0. The maximum Gasteiger partial charge on any atom is -1.00 e. The minimum absolute atomic E-state index is 0. The Labute approximate surface area is 297 Å². The molecule has 0 spiro atoms. The van der Waals surface area contributed by atoms with Crippen LogP contribution in [0.2, 0.25) is 0 Å². The minimum Gasteiger partial charge on any atom is -1.00 e. The number of halogens is 2. The van der Waals surface area contributed by atoms with Crippen molar-refractivity contribution >= 4 is 9.63 Å². The minimum atomic E-state index is 0. The second-order valence-electron chi connectivity index (χ2n) is 9.65. The van der Waals surface area contributed by atoms with Crippen molar-refractivity contribution in [3.8, 4) is 0 Å². The number of allylic oxidation sites excluding steroid dienone is 16. The van der Waals surface area contributed by atoms with E-state index >= 15 is 0 Å². The van der Waals surface area contributed by atoms with Crippen molar-refractivity contribution in [1.82, 2.24) is 0 Å². The zero-order chi connectivity index (χ0) is 30.1. The van der Waals surface area contributed by atoms with Crippen LogP contribution in [0.1, 0.15) is 130 Å². The van der Waals surface area contributed by atoms with Crippen molar-refractivity contribution in [3.63, 3.8) is 0 Å². The maximum atomic E-state index is 3.30. The molecule has 0 fully saturated rings. The molecular formula is C38H56Cl2Ti2-2. The van der Waals surface area contributed by atoms with Gasteiger partial charge in [0.1, 0.15) is 0 Å². The first-order chi connectivity index (χ1) is 19.7. The van der Waals surface area contributed by atoms with Crippen LogP contribution in [-0.2, 0) is 39.9 Å². The average molecular weight is 680 g/mol. The largest absolute Gasteiger partial charge is 1.00 e. The molecule has 0 saturated carbocycles. The fourth-order valence-electron chi connectivity index (χ4n) is 3.96. The van der Waals surface area contributed by atoms with Gasteiger partial charge in [0, 0.05) is 0 Å². The van der Waals surface area contributed by atoms with Crippen molar-refractivity contribution in [2.45, 2.75) is 130 Å². The van der Waals surface area contributed by atoms with Gasteiger partial charge in [-0.25, -0.2) is 46.6 Å². The molecule has 0 N–H and O–H groups in total. The Balaban J connectivity index is -0.000000217. The molecule has 0 aromatic carbocycles. The molecule has 42 heavy (non-hydrogen) atoms. The summed E-state index contributed by atoms with van der Waals surface area (Å²) in [6.45, 7) is 8.89. The average Bonchev–Trinajstić information content (AvgIpc) is 3.85. The van der Waals surface area contributed by atoms with Crippen molar-refractivity contribution in [3.05, 3.63) is 95.2 Å². The molecule has 0 nitrogen and oxygen atoms in total. The van der Waals surface area contributed by atoms with Gasteiger partial charge in [-0.1, -0.05) is 105 Å². The van der Waals surface area contributed by atoms with Gasteiger partial charge in [-0.05, 0) is 0 Å². The van der Waals surface area contributed by atoms with Crippen molar-refractivity contribution in [2.75, 3.05) is 0 Å². The van der Waals surface area contributed by atoms with E-state index in [1.165, 1.54) is 99.3 Å². The van der Waals surface area contributed by atoms with Gasteiger partial charge in [0.15, 0.2) is 0 Å². The van der Waals surface area contributed by atoms with E-state index in [1.807, 2.05) is 0 Å². The smallest absolute Gasteiger partial charge is 1.00 e. The molecule has 0 unspecified atom stereocenters. The van der Waals surface area contributed by atoms with E-state index in [0.717, 1.165) is 25.7 Å². The van der Waals surface area contributed by atoms with Crippen LogP contribution < -0.4 is 24.8 Å². The summed E-state index contributed by atoms with van der Waals surface area (Å²) in [6.07, 6.45) is 50.1. The summed E-state index contributed by atoms with van der Waals surface area (Å²) in [5, 5.41) is 0. The van der Waals surface area contributed by atoms with Crippen LogP contribution in [0.25, 0.3) is 0 Å². The Hall–Kier alpha value is -0.331. The van der Waals surface area contributed by atoms with Crippen molar-refractivity contribution in [2.24, 2.45) is 0 Å². The summed E-state index contributed by atoms with van der Waals surface area (Å²) in [5.74, 6) is 0. The summed E-state index contributed by atoms with van der Waals surface area (Å²) < 4.78 is 0. The third kappa shape index (κ3) is 31.1. The first-order valence-electron chi connectivity index (χ1n) is 15.5. The molecule has 0 amide bonds. The van der Waals surface area contributed by atoms with Gasteiger partial charge in [0.25, 0.3) is 0 Å². The molecule has 4 aliphatic carbocycles. The van der Waals surface area contributed by atoms with E-state index in [2.05, 4.69) is 110 Å². The standard InChI is InChI=1S/4C9H13.2CH2.2ClH.2Ti/c4*1-2-3-6-9-7-4-5-8-9;;;;;;/h4*4,7H,2-3,5-6H2,1H3;2*1H2;2*1H;;/q4*-1;;;;;2*+2/p-2. The van der Waals surface area contributed by atoms with Crippen LogP contribution in [0.5, 0.6) is 0 Å². The van der Waals surface area contributed by atoms with Crippen LogP contribution in [0, 0.1) is 24.3 Å². The van der Waals surface area contributed by atoms with Crippen LogP contribution in [0.15, 0.2) is 70.9 Å². The normalized spacial score (nSPS) is 14.3. The van der Waals surface area contributed by atoms with Gasteiger partial charge >= 0.3 is 49.6 Å². The van der Waals surface area contributed by atoms with E-state index < -0.39 is 0 Å². The molecule has 0 aromatic rings. The molecule has 0 aromatic heterocycles. The van der Waals surface area contributed by atoms with Crippen molar-refractivity contribution in [1.29, 1.82) is 0 Å². The van der Waals surface area contributed by atoms with Gasteiger partial charge in [0.2, 0.25) is 0 Å². The van der Waals surface area contributed by atoms with Crippen LogP contribution >= 0.6 is 0 Å². The molecule has 232 valence electrons. The van der Waals surface area contributed by atoms with Crippen LogP contribution in [0.4, 0.5) is 0 Å². The number of rotatable bonds is 12. The maximum absolute atomic E-state index is 3.30. The zero-order valence-electron chi connectivity index (χ0n) is 27.1. The van der Waals surface area contributed by atoms with Crippen LogP contribution in [0.3, 0.4) is 0 Å². The van der Waals surface area contributed by atoms with Gasteiger partial charge in [-0.2, -0.15) is 24.3 Å². The molecule has 0 radical (unpaired) electrons. The fourth-order valence-corrected chi connectivity index (χ4v) is 3.96. The first kappa shape index (κ1) is 48.6. The van der Waals surface area contributed by atoms with E-state index in [1.54, 1.807) is 39.9 Å². The van der Waals surface area contributed by atoms with Gasteiger partial charge in [-0.15, -0.1) is 25.7 Å². The Morgan fingerprint density at radius 3 is 0.762 bits per heavy atom. The summed E-state index contributed by atoms with van der Waals surface area (Å²) in [4.78, 5) is 6.50. The van der Waals surface area contributed by atoms with E-state index in [4.69, 9.17) is 0 Å². The van der Waals surface area contributed by atoms with E-state index in [0.29, 0.717) is 0 Å². The van der Waals surface area contributed by atoms with Gasteiger partial charge < -0.3 is 24.8 Å². The topological polar surface area (TPSA) is 0 Å². The Morgan fingerprint density at radius 2 is 0.643 bits per heavy atom. The third-order valence-electron chi connectivity index (χ3n) is 6.26. The predicted molar refractivity (Wildman–Crippen MR) is 174 cm³/mol. The number of unbranched alkanes of at least 4 members (excludes halogenated alkanes) is 4. The monoisotopic (exact) mass is 678 g/mol. The summed E-state index contributed by atoms with van der Waals surface area (Å²) in [5.41, 5.74) is 5.66. The molecular weight excluding hydrogens is 623 g/mol. The van der Waals surface area contributed by atoms with E-state index in [-0.39, 0.29) is 24.8 Å². The van der Waals surface area contributed by atoms with Crippen LogP contribution in [-0.4, -0.2) is 9.63 Å². The molecule has 4 rings (SSSR count). The summed E-state index contributed by atoms with van der Waals surface area (Å²) in [7, 11) is 0. The second-order valence-corrected chi connectivity index (χ2v) is 9.65. The second kappa shape index (κ2) is 40.7. The van der Waals surface area contributed by atoms with Gasteiger partial charge in [-0.3, -0.25) is 24.3 Å². The number of hydrogen-bond donors (Lipinski definition) is 0. The first-order valence-corrected chi connectivity index (χ1v) is 17.7.